The molecule has 0 atom stereocenters. The highest BCUT2D eigenvalue weighted by Crippen LogP contribution is 2.21. The number of benzene rings is 2. The number of carbonyl (C=O) groups is 2. The Hall–Kier alpha value is -3.44. The van der Waals surface area contributed by atoms with E-state index in [1.54, 1.807) is 50.6 Å². The topological polar surface area (TPSA) is 115 Å². The molecule has 0 radical (unpaired) electrons. The van der Waals surface area contributed by atoms with Crippen LogP contribution in [-0.2, 0) is 0 Å². The molecule has 0 aliphatic carbocycles. The van der Waals surface area contributed by atoms with Crippen LogP contribution in [0, 0.1) is 0 Å². The minimum Gasteiger partial charge on any atom is -0.497 e. The highest BCUT2D eigenvalue weighted by Gasteiger charge is 2.15. The molecule has 0 saturated carbocycles. The monoisotopic (exact) mass is 576 g/mol. The van der Waals surface area contributed by atoms with Gasteiger partial charge in [0.05, 0.1) is 26.6 Å². The number of ether oxygens (including phenoxy) is 2. The van der Waals surface area contributed by atoms with Crippen LogP contribution in [0.3, 0.4) is 0 Å². The van der Waals surface area contributed by atoms with Gasteiger partial charge in [0.1, 0.15) is 11.5 Å². The van der Waals surface area contributed by atoms with Crippen LogP contribution in [0.1, 0.15) is 32.2 Å². The van der Waals surface area contributed by atoms with Crippen LogP contribution < -0.4 is 20.3 Å². The molecule has 0 aliphatic heterocycles. The average molecular weight is 578 g/mol. The van der Waals surface area contributed by atoms with Gasteiger partial charge in [-0.2, -0.15) is 10.2 Å². The van der Waals surface area contributed by atoms with E-state index in [1.165, 1.54) is 24.6 Å². The van der Waals surface area contributed by atoms with Crippen molar-refractivity contribution in [2.24, 2.45) is 10.2 Å². The summed E-state index contributed by atoms with van der Waals surface area (Å²) in [4.78, 5) is 24.5. The largest absolute Gasteiger partial charge is 0.497 e. The number of hydrazone groups is 2. The number of rotatable bonds is 8. The van der Waals surface area contributed by atoms with Crippen LogP contribution >= 0.6 is 31.9 Å². The zero-order chi connectivity index (χ0) is 23.8. The molecule has 1 aromatic heterocycles. The Balaban J connectivity index is 1.58. The summed E-state index contributed by atoms with van der Waals surface area (Å²) >= 11 is 6.79. The zero-order valence-electron chi connectivity index (χ0n) is 17.5. The van der Waals surface area contributed by atoms with E-state index in [0.717, 1.165) is 8.95 Å². The van der Waals surface area contributed by atoms with E-state index < -0.39 is 11.8 Å². The summed E-state index contributed by atoms with van der Waals surface area (Å²) in [5.41, 5.74) is 6.09. The fraction of sp³-hybridized carbons (Fsp3) is 0.0909. The van der Waals surface area contributed by atoms with Crippen molar-refractivity contribution in [2.75, 3.05) is 14.2 Å². The summed E-state index contributed by atoms with van der Waals surface area (Å²) in [6.45, 7) is 0. The van der Waals surface area contributed by atoms with Crippen molar-refractivity contribution < 1.29 is 23.5 Å². The van der Waals surface area contributed by atoms with Gasteiger partial charge in [-0.3, -0.25) is 9.59 Å². The molecule has 0 fully saturated rings. The third-order valence-corrected chi connectivity index (χ3v) is 5.64. The molecule has 0 aliphatic rings. The first-order valence-electron chi connectivity index (χ1n) is 9.35. The predicted octanol–water partition coefficient (Wildman–Crippen LogP) is 4.35. The van der Waals surface area contributed by atoms with Crippen molar-refractivity contribution in [1.29, 1.82) is 0 Å². The molecule has 170 valence electrons. The first kappa shape index (κ1) is 24.2. The molecule has 0 spiro atoms. The van der Waals surface area contributed by atoms with Crippen LogP contribution in [0.15, 0.2) is 72.1 Å². The van der Waals surface area contributed by atoms with Gasteiger partial charge in [-0.05, 0) is 48.5 Å². The fourth-order valence-electron chi connectivity index (χ4n) is 2.51. The molecule has 2 amide bonds. The SMILES string of the molecule is COc1ccc(Br)c(C=NNC(=O)c2ccc(C(=O)NN=Cc3cc(OC)ccc3Br)o2)c1. The van der Waals surface area contributed by atoms with E-state index in [-0.39, 0.29) is 11.5 Å². The molecule has 0 saturated heterocycles. The minimum absolute atomic E-state index is 0.0819. The molecule has 33 heavy (non-hydrogen) atoms. The number of nitrogens with zero attached hydrogens (tertiary/aromatic N) is 2. The van der Waals surface area contributed by atoms with Crippen molar-refractivity contribution in [2.45, 2.75) is 0 Å². The Labute approximate surface area is 206 Å². The molecule has 0 unspecified atom stereocenters. The third kappa shape index (κ3) is 6.53. The number of amides is 2. The van der Waals surface area contributed by atoms with E-state index in [4.69, 9.17) is 13.9 Å². The number of halogens is 2. The van der Waals surface area contributed by atoms with Gasteiger partial charge >= 0.3 is 11.8 Å². The van der Waals surface area contributed by atoms with E-state index in [1.807, 2.05) is 0 Å². The molecule has 9 nitrogen and oxygen atoms in total. The first-order valence-corrected chi connectivity index (χ1v) is 10.9. The van der Waals surface area contributed by atoms with Gasteiger partial charge < -0.3 is 13.9 Å². The average Bonchev–Trinajstić information content (AvgIpc) is 3.32. The van der Waals surface area contributed by atoms with Gasteiger partial charge in [-0.1, -0.05) is 31.9 Å². The lowest BCUT2D eigenvalue weighted by atomic mass is 10.2. The van der Waals surface area contributed by atoms with E-state index in [9.17, 15) is 9.59 Å². The van der Waals surface area contributed by atoms with Crippen LogP contribution in [-0.4, -0.2) is 38.5 Å². The van der Waals surface area contributed by atoms with Crippen LogP contribution in [0.25, 0.3) is 0 Å². The lowest BCUT2D eigenvalue weighted by molar-refractivity contribution is 0.0902. The molecule has 3 rings (SSSR count). The summed E-state index contributed by atoms with van der Waals surface area (Å²) in [5, 5.41) is 7.81. The summed E-state index contributed by atoms with van der Waals surface area (Å²) in [6, 6.07) is 13.4. The molecule has 1 heterocycles. The highest BCUT2D eigenvalue weighted by molar-refractivity contribution is 9.10. The fourth-order valence-corrected chi connectivity index (χ4v) is 3.21. The maximum Gasteiger partial charge on any atom is 0.307 e. The summed E-state index contributed by atoms with van der Waals surface area (Å²) in [7, 11) is 3.11. The molecule has 3 aromatic rings. The number of nitrogens with one attached hydrogen (secondary N) is 2. The number of methoxy groups -OCH3 is 2. The lowest BCUT2D eigenvalue weighted by Gasteiger charge is -2.03. The molecule has 0 bridgehead atoms. The van der Waals surface area contributed by atoms with Gasteiger partial charge in [-0.25, -0.2) is 10.9 Å². The second kappa shape index (κ2) is 11.4. The third-order valence-electron chi connectivity index (χ3n) is 4.20. The minimum atomic E-state index is -0.617. The van der Waals surface area contributed by atoms with Crippen molar-refractivity contribution in [3.05, 3.63) is 80.1 Å². The molecular weight excluding hydrogens is 560 g/mol. The molecule has 2 N–H and O–H groups in total. The highest BCUT2D eigenvalue weighted by atomic mass is 79.9. The Morgan fingerprint density at radius 3 is 1.61 bits per heavy atom. The molecular formula is C22H18Br2N4O5. The maximum absolute atomic E-state index is 12.2. The number of hydrogen-bond acceptors (Lipinski definition) is 7. The van der Waals surface area contributed by atoms with Crippen molar-refractivity contribution in [1.82, 2.24) is 10.9 Å². The number of carbonyl (C=O) groups excluding carboxylic acids is 2. The van der Waals surface area contributed by atoms with E-state index in [2.05, 4.69) is 52.9 Å². The second-order valence-corrected chi connectivity index (χ2v) is 8.05. The van der Waals surface area contributed by atoms with Crippen molar-refractivity contribution in [3.63, 3.8) is 0 Å². The molecule has 2 aromatic carbocycles. The zero-order valence-corrected chi connectivity index (χ0v) is 20.6. The second-order valence-electron chi connectivity index (χ2n) is 6.34. The summed E-state index contributed by atoms with van der Waals surface area (Å²) in [5.74, 6) is -0.104. The van der Waals surface area contributed by atoms with Crippen molar-refractivity contribution >= 4 is 56.1 Å². The number of furan rings is 1. The van der Waals surface area contributed by atoms with E-state index in [0.29, 0.717) is 22.6 Å². The lowest BCUT2D eigenvalue weighted by Crippen LogP contribution is -2.18. The van der Waals surface area contributed by atoms with Gasteiger partial charge in [-0.15, -0.1) is 0 Å². The Morgan fingerprint density at radius 2 is 1.21 bits per heavy atom. The van der Waals surface area contributed by atoms with Crippen molar-refractivity contribution in [3.8, 4) is 11.5 Å². The Kier molecular flexibility index (Phi) is 8.39. The van der Waals surface area contributed by atoms with Gasteiger partial charge in [0.2, 0.25) is 0 Å². The quantitative estimate of drug-likeness (QED) is 0.305. The molecule has 11 heteroatoms. The summed E-state index contributed by atoms with van der Waals surface area (Å²) in [6.07, 6.45) is 2.90. The standard InChI is InChI=1S/C22H18Br2N4O5/c1-31-15-3-5-17(23)13(9-15)11-25-27-21(29)19-7-8-20(33-19)22(30)28-26-12-14-10-16(32-2)4-6-18(14)24/h3-12H,1-2H3,(H,27,29)(H,28,30). The number of hydrogen-bond donors (Lipinski definition) is 2. The Morgan fingerprint density at radius 1 is 0.788 bits per heavy atom. The predicted molar refractivity (Wildman–Crippen MR) is 130 cm³/mol. The van der Waals surface area contributed by atoms with Gasteiger partial charge in [0.25, 0.3) is 0 Å². The maximum atomic E-state index is 12.2. The van der Waals surface area contributed by atoms with Crippen LogP contribution in [0.4, 0.5) is 0 Å². The first-order chi connectivity index (χ1) is 15.9. The normalized spacial score (nSPS) is 11.0. The van der Waals surface area contributed by atoms with Gasteiger partial charge in [0, 0.05) is 20.1 Å². The Bertz CT molecular complexity index is 1130. The van der Waals surface area contributed by atoms with Gasteiger partial charge in [0.15, 0.2) is 11.5 Å². The smallest absolute Gasteiger partial charge is 0.307 e. The van der Waals surface area contributed by atoms with Crippen LogP contribution in [0.2, 0.25) is 0 Å². The van der Waals surface area contributed by atoms with E-state index >= 15 is 0 Å². The summed E-state index contributed by atoms with van der Waals surface area (Å²) < 4.78 is 17.2. The van der Waals surface area contributed by atoms with Crippen LogP contribution in [0.5, 0.6) is 11.5 Å².